The van der Waals surface area contributed by atoms with Crippen LogP contribution in [0.2, 0.25) is 0 Å². The van der Waals surface area contributed by atoms with E-state index >= 15 is 0 Å². The van der Waals surface area contributed by atoms with Crippen LogP contribution in [0.5, 0.6) is 0 Å². The highest BCUT2D eigenvalue weighted by Crippen LogP contribution is 2.33. The van der Waals surface area contributed by atoms with Crippen molar-refractivity contribution >= 4 is 22.3 Å². The van der Waals surface area contributed by atoms with Gasteiger partial charge in [-0.3, -0.25) is 9.20 Å². The van der Waals surface area contributed by atoms with Gasteiger partial charge in [0.15, 0.2) is 4.96 Å². The van der Waals surface area contributed by atoms with E-state index in [2.05, 4.69) is 4.98 Å². The van der Waals surface area contributed by atoms with Crippen LogP contribution in [0, 0.1) is 0 Å². The molecule has 96 valence electrons. The van der Waals surface area contributed by atoms with Gasteiger partial charge in [-0.15, -0.1) is 11.3 Å². The number of nitrogens with zero attached hydrogens (tertiary/aromatic N) is 2. The highest BCUT2D eigenvalue weighted by molar-refractivity contribution is 7.15. The van der Waals surface area contributed by atoms with E-state index in [1.54, 1.807) is 0 Å². The maximum Gasteiger partial charge on any atom is 0.309 e. The van der Waals surface area contributed by atoms with Crippen LogP contribution in [-0.2, 0) is 22.4 Å². The lowest BCUT2D eigenvalue weighted by molar-refractivity contribution is -0.136. The predicted octanol–water partition coefficient (Wildman–Crippen LogP) is 2.05. The molecule has 0 saturated heterocycles. The first-order chi connectivity index (χ1) is 8.56. The lowest BCUT2D eigenvalue weighted by Gasteiger charge is -2.25. The summed E-state index contributed by atoms with van der Waals surface area (Å²) in [4.78, 5) is 16.3. The Balaban J connectivity index is 2.16. The van der Waals surface area contributed by atoms with Gasteiger partial charge in [0.2, 0.25) is 0 Å². The molecule has 18 heavy (non-hydrogen) atoms. The Labute approximate surface area is 108 Å². The molecule has 0 saturated carbocycles. The van der Waals surface area contributed by atoms with Crippen molar-refractivity contribution in [1.82, 2.24) is 9.38 Å². The summed E-state index contributed by atoms with van der Waals surface area (Å²) in [6.07, 6.45) is 0.937. The van der Waals surface area contributed by atoms with E-state index in [9.17, 15) is 4.79 Å². The summed E-state index contributed by atoms with van der Waals surface area (Å²) < 4.78 is 7.75. The average Bonchev–Trinajstić information content (AvgIpc) is 2.77. The Morgan fingerprint density at radius 3 is 3.17 bits per heavy atom. The van der Waals surface area contributed by atoms with Crippen molar-refractivity contribution in [1.29, 1.82) is 0 Å². The van der Waals surface area contributed by atoms with Gasteiger partial charge in [0.1, 0.15) is 0 Å². The van der Waals surface area contributed by atoms with Crippen molar-refractivity contribution in [3.63, 3.8) is 0 Å². The Morgan fingerprint density at radius 1 is 1.67 bits per heavy atom. The third-order valence-electron chi connectivity index (χ3n) is 3.18. The monoisotopic (exact) mass is 266 g/mol. The number of hydrogen-bond acceptors (Lipinski definition) is 4. The van der Waals surface area contributed by atoms with Gasteiger partial charge in [-0.2, -0.15) is 0 Å². The van der Waals surface area contributed by atoms with E-state index in [-0.39, 0.29) is 18.6 Å². The van der Waals surface area contributed by atoms with Crippen LogP contribution in [-0.4, -0.2) is 26.6 Å². The Bertz CT molecular complexity index is 616. The molecule has 3 heterocycles. The molecule has 2 atom stereocenters. The molecule has 5 nitrogen and oxygen atoms in total. The Morgan fingerprint density at radius 2 is 2.44 bits per heavy atom. The second kappa shape index (κ2) is 4.07. The third kappa shape index (κ3) is 1.72. The van der Waals surface area contributed by atoms with Gasteiger partial charge in [-0.1, -0.05) is 0 Å². The van der Waals surface area contributed by atoms with Gasteiger partial charge in [0.05, 0.1) is 30.0 Å². The minimum absolute atomic E-state index is 0.0189. The number of aromatic nitrogens is 2. The first-order valence-corrected chi connectivity index (χ1v) is 6.79. The zero-order valence-electron chi connectivity index (χ0n) is 10.2. The standard InChI is InChI=1S/C12H14N2O3S/c1-6-3-9-11(7(2)17-6)14-8(4-10(15)16)5-18-12(14)13-9/h5-7H,3-4H2,1-2H3,(H,15,16). The SMILES string of the molecule is CC1Cc2nc3scc(CC(=O)O)n3c2C(C)O1. The molecule has 1 aliphatic heterocycles. The highest BCUT2D eigenvalue weighted by Gasteiger charge is 2.28. The fourth-order valence-corrected chi connectivity index (χ4v) is 3.47. The summed E-state index contributed by atoms with van der Waals surface area (Å²) in [5.74, 6) is -0.824. The molecule has 1 aliphatic rings. The fourth-order valence-electron chi connectivity index (χ4n) is 2.56. The molecular weight excluding hydrogens is 252 g/mol. The van der Waals surface area contributed by atoms with E-state index in [1.807, 2.05) is 23.6 Å². The van der Waals surface area contributed by atoms with Crippen LogP contribution in [0.1, 0.15) is 37.0 Å². The smallest absolute Gasteiger partial charge is 0.309 e. The molecule has 0 aliphatic carbocycles. The number of fused-ring (bicyclic) bond motifs is 3. The summed E-state index contributed by atoms with van der Waals surface area (Å²) in [5, 5.41) is 10.8. The number of ether oxygens (including phenoxy) is 1. The van der Waals surface area contributed by atoms with Gasteiger partial charge in [0.25, 0.3) is 0 Å². The van der Waals surface area contributed by atoms with Crippen molar-refractivity contribution < 1.29 is 14.6 Å². The van der Waals surface area contributed by atoms with E-state index in [0.29, 0.717) is 0 Å². The van der Waals surface area contributed by atoms with Crippen molar-refractivity contribution in [2.75, 3.05) is 0 Å². The van der Waals surface area contributed by atoms with Crippen LogP contribution in [0.3, 0.4) is 0 Å². The zero-order chi connectivity index (χ0) is 12.9. The number of rotatable bonds is 2. The number of aliphatic carboxylic acids is 1. The molecule has 2 aromatic heterocycles. The normalized spacial score (nSPS) is 23.2. The molecule has 0 aromatic carbocycles. The number of imidazole rings is 1. The second-order valence-electron chi connectivity index (χ2n) is 4.65. The maximum atomic E-state index is 10.9. The lowest BCUT2D eigenvalue weighted by atomic mass is 10.1. The number of carboxylic acid groups (broad SMARTS) is 1. The summed E-state index contributed by atoms with van der Waals surface area (Å²) in [7, 11) is 0. The number of carboxylic acids is 1. The molecule has 2 unspecified atom stereocenters. The molecule has 6 heteroatoms. The van der Waals surface area contributed by atoms with Crippen molar-refractivity contribution in [2.45, 2.75) is 38.9 Å². The quantitative estimate of drug-likeness (QED) is 0.903. The second-order valence-corrected chi connectivity index (χ2v) is 5.49. The number of hydrogen-bond donors (Lipinski definition) is 1. The minimum atomic E-state index is -0.824. The van der Waals surface area contributed by atoms with E-state index < -0.39 is 5.97 Å². The zero-order valence-corrected chi connectivity index (χ0v) is 11.0. The molecule has 2 aromatic rings. The van der Waals surface area contributed by atoms with Gasteiger partial charge < -0.3 is 9.84 Å². The van der Waals surface area contributed by atoms with Crippen molar-refractivity contribution in [3.8, 4) is 0 Å². The fraction of sp³-hybridized carbons (Fsp3) is 0.500. The van der Waals surface area contributed by atoms with E-state index in [0.717, 1.165) is 28.5 Å². The van der Waals surface area contributed by atoms with Crippen LogP contribution < -0.4 is 0 Å². The summed E-state index contributed by atoms with van der Waals surface area (Å²) in [6.45, 7) is 4.02. The number of thiazole rings is 1. The molecule has 0 bridgehead atoms. The van der Waals surface area contributed by atoms with Gasteiger partial charge >= 0.3 is 5.97 Å². The average molecular weight is 266 g/mol. The lowest BCUT2D eigenvalue weighted by Crippen LogP contribution is -2.23. The Kier molecular flexibility index (Phi) is 2.64. The van der Waals surface area contributed by atoms with Crippen molar-refractivity contribution in [3.05, 3.63) is 22.5 Å². The van der Waals surface area contributed by atoms with E-state index in [1.165, 1.54) is 11.3 Å². The largest absolute Gasteiger partial charge is 0.481 e. The molecule has 0 spiro atoms. The molecule has 0 fully saturated rings. The molecule has 0 radical (unpaired) electrons. The first kappa shape index (κ1) is 11.7. The maximum absolute atomic E-state index is 10.9. The van der Waals surface area contributed by atoms with Crippen LogP contribution >= 0.6 is 11.3 Å². The summed E-state index contributed by atoms with van der Waals surface area (Å²) in [6, 6.07) is 0. The molecular formula is C12H14N2O3S. The molecule has 0 amide bonds. The van der Waals surface area contributed by atoms with Crippen molar-refractivity contribution in [2.24, 2.45) is 0 Å². The topological polar surface area (TPSA) is 63.8 Å². The van der Waals surface area contributed by atoms with Gasteiger partial charge in [-0.25, -0.2) is 4.98 Å². The first-order valence-electron chi connectivity index (χ1n) is 5.91. The van der Waals surface area contributed by atoms with Gasteiger partial charge in [-0.05, 0) is 13.8 Å². The third-order valence-corrected chi connectivity index (χ3v) is 4.06. The molecule has 1 N–H and O–H groups in total. The van der Waals surface area contributed by atoms with E-state index in [4.69, 9.17) is 9.84 Å². The summed E-state index contributed by atoms with van der Waals surface area (Å²) >= 11 is 1.49. The van der Waals surface area contributed by atoms with Crippen LogP contribution in [0.15, 0.2) is 5.38 Å². The summed E-state index contributed by atoms with van der Waals surface area (Å²) in [5.41, 5.74) is 2.83. The number of carbonyl (C=O) groups is 1. The predicted molar refractivity (Wildman–Crippen MR) is 67.1 cm³/mol. The van der Waals surface area contributed by atoms with Crippen LogP contribution in [0.25, 0.3) is 4.96 Å². The Hall–Kier alpha value is -1.40. The van der Waals surface area contributed by atoms with Crippen LogP contribution in [0.4, 0.5) is 0 Å². The highest BCUT2D eigenvalue weighted by atomic mass is 32.1. The minimum Gasteiger partial charge on any atom is -0.481 e. The molecule has 3 rings (SSSR count). The van der Waals surface area contributed by atoms with Gasteiger partial charge in [0, 0.05) is 17.5 Å².